The number of aromatic amines is 1. The first kappa shape index (κ1) is 24.7. The Morgan fingerprint density at radius 1 is 0.889 bits per heavy atom. The van der Waals surface area contributed by atoms with Gasteiger partial charge in [-0.25, -0.2) is 0 Å². The van der Waals surface area contributed by atoms with Crippen molar-refractivity contribution in [3.05, 3.63) is 102 Å². The summed E-state index contributed by atoms with van der Waals surface area (Å²) in [6, 6.07) is 30.9. The van der Waals surface area contributed by atoms with Crippen LogP contribution in [0.15, 0.2) is 91.1 Å². The second-order valence-corrected chi connectivity index (χ2v) is 12.9. The van der Waals surface area contributed by atoms with Crippen LogP contribution in [0.5, 0.6) is 0 Å². The highest BCUT2D eigenvalue weighted by Crippen LogP contribution is 2.31. The first-order valence-electron chi connectivity index (χ1n) is 13.0. The Morgan fingerprint density at radius 3 is 2.28 bits per heavy atom. The van der Waals surface area contributed by atoms with Crippen LogP contribution in [0.1, 0.15) is 44.2 Å². The van der Waals surface area contributed by atoms with Gasteiger partial charge in [0, 0.05) is 25.3 Å². The molecule has 2 N–H and O–H groups in total. The molecule has 36 heavy (non-hydrogen) atoms. The van der Waals surface area contributed by atoms with E-state index in [1.807, 2.05) is 6.07 Å². The molecule has 5 rings (SSSR count). The van der Waals surface area contributed by atoms with E-state index in [2.05, 4.69) is 115 Å². The van der Waals surface area contributed by atoms with E-state index >= 15 is 0 Å². The minimum Gasteiger partial charge on any atom is -0.407 e. The third-order valence-electron chi connectivity index (χ3n) is 7.27. The molecule has 1 aliphatic heterocycles. The summed E-state index contributed by atoms with van der Waals surface area (Å²) in [4.78, 5) is 0. The molecule has 0 aliphatic carbocycles. The van der Waals surface area contributed by atoms with Crippen LogP contribution in [0.4, 0.5) is 0 Å². The molecule has 0 amide bonds. The van der Waals surface area contributed by atoms with Crippen LogP contribution in [-0.2, 0) is 9.84 Å². The molecule has 5 heteroatoms. The maximum absolute atomic E-state index is 6.87. The van der Waals surface area contributed by atoms with E-state index in [1.165, 1.54) is 27.1 Å². The molecule has 4 aromatic rings. The van der Waals surface area contributed by atoms with Crippen LogP contribution >= 0.6 is 0 Å². The molecule has 2 heterocycles. The lowest BCUT2D eigenvalue weighted by Crippen LogP contribution is -2.47. The van der Waals surface area contributed by atoms with Gasteiger partial charge in [0.15, 0.2) is 0 Å². The van der Waals surface area contributed by atoms with Crippen LogP contribution in [0.3, 0.4) is 0 Å². The SMILES string of the molecule is CC(C)(C)c1ccc([Si](OCC2CCNCC2c2ccc(-c3ccn[nH]3)cc2)c2ccccc2)cc1. The largest absolute Gasteiger partial charge is 0.407 e. The van der Waals surface area contributed by atoms with E-state index in [4.69, 9.17) is 4.43 Å². The fraction of sp³-hybridized carbons (Fsp3) is 0.323. The van der Waals surface area contributed by atoms with Gasteiger partial charge in [-0.1, -0.05) is 99.6 Å². The predicted octanol–water partition coefficient (Wildman–Crippen LogP) is 4.89. The van der Waals surface area contributed by atoms with Crippen molar-refractivity contribution >= 4 is 19.4 Å². The van der Waals surface area contributed by atoms with Gasteiger partial charge < -0.3 is 9.74 Å². The molecular formula is C31H36N3OSi. The lowest BCUT2D eigenvalue weighted by molar-refractivity contribution is 0.199. The molecule has 185 valence electrons. The Kier molecular flexibility index (Phi) is 7.51. The molecular weight excluding hydrogens is 458 g/mol. The van der Waals surface area contributed by atoms with Crippen molar-refractivity contribution in [3.63, 3.8) is 0 Å². The van der Waals surface area contributed by atoms with E-state index in [0.717, 1.165) is 31.8 Å². The smallest absolute Gasteiger partial charge is 0.282 e. The Labute approximate surface area is 216 Å². The molecule has 2 atom stereocenters. The van der Waals surface area contributed by atoms with Gasteiger partial charge in [0.2, 0.25) is 0 Å². The van der Waals surface area contributed by atoms with Crippen LogP contribution in [0.2, 0.25) is 0 Å². The average molecular weight is 495 g/mol. The Morgan fingerprint density at radius 2 is 1.61 bits per heavy atom. The second-order valence-electron chi connectivity index (χ2n) is 10.8. The van der Waals surface area contributed by atoms with E-state index in [9.17, 15) is 0 Å². The molecule has 4 nitrogen and oxygen atoms in total. The van der Waals surface area contributed by atoms with Crippen molar-refractivity contribution < 1.29 is 4.43 Å². The minimum absolute atomic E-state index is 0.147. The van der Waals surface area contributed by atoms with Crippen LogP contribution in [0.25, 0.3) is 11.3 Å². The van der Waals surface area contributed by atoms with Gasteiger partial charge >= 0.3 is 0 Å². The fourth-order valence-electron chi connectivity index (χ4n) is 5.06. The number of nitrogens with zero attached hydrogens (tertiary/aromatic N) is 1. The Balaban J connectivity index is 1.34. The molecule has 1 aliphatic rings. The number of rotatable bonds is 7. The normalized spacial score (nSPS) is 18.4. The Hall–Kier alpha value is -2.99. The second kappa shape index (κ2) is 11.0. The summed E-state index contributed by atoms with van der Waals surface area (Å²) in [6.45, 7) is 9.61. The van der Waals surface area contributed by atoms with Crippen molar-refractivity contribution in [1.82, 2.24) is 15.5 Å². The maximum Gasteiger partial charge on any atom is 0.282 e. The number of aromatic nitrogens is 2. The van der Waals surface area contributed by atoms with Gasteiger partial charge in [-0.2, -0.15) is 5.10 Å². The molecule has 2 unspecified atom stereocenters. The van der Waals surface area contributed by atoms with Gasteiger partial charge in [-0.05, 0) is 57.4 Å². The highest BCUT2D eigenvalue weighted by atomic mass is 28.3. The molecule has 0 spiro atoms. The summed E-state index contributed by atoms with van der Waals surface area (Å²) in [7, 11) is -1.33. The predicted molar refractivity (Wildman–Crippen MR) is 150 cm³/mol. The molecule has 1 fully saturated rings. The van der Waals surface area contributed by atoms with Crippen molar-refractivity contribution in [2.75, 3.05) is 19.7 Å². The van der Waals surface area contributed by atoms with Gasteiger partial charge in [0.05, 0.1) is 5.69 Å². The first-order valence-corrected chi connectivity index (χ1v) is 14.4. The number of nitrogens with one attached hydrogen (secondary N) is 2. The van der Waals surface area contributed by atoms with Crippen LogP contribution in [0, 0.1) is 5.92 Å². The van der Waals surface area contributed by atoms with Crippen molar-refractivity contribution in [1.29, 1.82) is 0 Å². The highest BCUT2D eigenvalue weighted by molar-refractivity contribution is 6.80. The lowest BCUT2D eigenvalue weighted by Gasteiger charge is -2.33. The van der Waals surface area contributed by atoms with Gasteiger partial charge in [-0.3, -0.25) is 5.10 Å². The fourth-order valence-corrected chi connectivity index (χ4v) is 7.08. The Bertz CT molecular complexity index is 1220. The summed E-state index contributed by atoms with van der Waals surface area (Å²) in [6.07, 6.45) is 2.92. The van der Waals surface area contributed by atoms with Gasteiger partial charge in [0.1, 0.15) is 0 Å². The quantitative estimate of drug-likeness (QED) is 0.360. The monoisotopic (exact) mass is 494 g/mol. The van der Waals surface area contributed by atoms with E-state index in [-0.39, 0.29) is 5.41 Å². The zero-order chi connectivity index (χ0) is 25.0. The van der Waals surface area contributed by atoms with Crippen molar-refractivity contribution in [2.24, 2.45) is 5.92 Å². The first-order chi connectivity index (χ1) is 17.5. The van der Waals surface area contributed by atoms with Gasteiger partial charge in [-0.15, -0.1) is 0 Å². The molecule has 1 saturated heterocycles. The number of H-pyrrole nitrogens is 1. The molecule has 3 aromatic carbocycles. The van der Waals surface area contributed by atoms with Crippen LogP contribution in [-0.4, -0.2) is 38.9 Å². The van der Waals surface area contributed by atoms with E-state index in [1.54, 1.807) is 6.20 Å². The van der Waals surface area contributed by atoms with E-state index in [0.29, 0.717) is 11.8 Å². The lowest BCUT2D eigenvalue weighted by atomic mass is 9.82. The standard InChI is InChI=1S/C31H36N3OSi/c1-31(2,3)26-13-15-28(16-14-26)36(27-7-5-4-6-8-27)35-22-25-17-19-32-21-29(25)23-9-11-24(12-10-23)30-18-20-33-34-30/h4-16,18,20,25,29,32H,17,19,21-22H2,1-3H3,(H,33,34). The molecule has 1 aromatic heterocycles. The minimum atomic E-state index is -1.33. The average Bonchev–Trinajstić information content (AvgIpc) is 3.45. The van der Waals surface area contributed by atoms with Crippen molar-refractivity contribution in [3.8, 4) is 11.3 Å². The number of benzene rings is 3. The van der Waals surface area contributed by atoms with Gasteiger partial charge in [0.25, 0.3) is 9.04 Å². The van der Waals surface area contributed by atoms with Crippen molar-refractivity contribution in [2.45, 2.75) is 38.5 Å². The summed E-state index contributed by atoms with van der Waals surface area (Å²) in [5, 5.41) is 13.4. The third kappa shape index (κ3) is 5.70. The summed E-state index contributed by atoms with van der Waals surface area (Å²) >= 11 is 0. The zero-order valence-electron chi connectivity index (χ0n) is 21.5. The third-order valence-corrected chi connectivity index (χ3v) is 9.44. The van der Waals surface area contributed by atoms with E-state index < -0.39 is 9.04 Å². The number of hydrogen-bond acceptors (Lipinski definition) is 3. The maximum atomic E-state index is 6.87. The topological polar surface area (TPSA) is 49.9 Å². The highest BCUT2D eigenvalue weighted by Gasteiger charge is 2.29. The summed E-state index contributed by atoms with van der Waals surface area (Å²) < 4.78 is 6.87. The number of piperidine rings is 1. The summed E-state index contributed by atoms with van der Waals surface area (Å²) in [5.41, 5.74) is 5.10. The zero-order valence-corrected chi connectivity index (χ0v) is 22.5. The molecule has 0 saturated carbocycles. The number of hydrogen-bond donors (Lipinski definition) is 2. The molecule has 1 radical (unpaired) electrons. The summed E-state index contributed by atoms with van der Waals surface area (Å²) in [5.74, 6) is 0.929. The molecule has 0 bridgehead atoms. The van der Waals surface area contributed by atoms with Crippen LogP contribution < -0.4 is 15.7 Å².